The van der Waals surface area contributed by atoms with Crippen molar-refractivity contribution in [2.24, 2.45) is 16.2 Å². The molecule has 0 aliphatic carbocycles. The van der Waals surface area contributed by atoms with Crippen LogP contribution in [0, 0.1) is 16.2 Å². The zero-order valence-corrected chi connectivity index (χ0v) is 131. The number of rotatable bonds is 23. The number of aliphatic carboxylic acids is 2. The molecule has 0 spiro atoms. The van der Waals surface area contributed by atoms with E-state index < -0.39 is 229 Å². The number of carbonyl (C=O) groups excluding carboxylic acids is 4. The van der Waals surface area contributed by atoms with Crippen molar-refractivity contribution in [1.82, 2.24) is 15.1 Å². The fourth-order valence-corrected chi connectivity index (χ4v) is 6710. The number of carboxylic acid groups (broad SMARTS) is 2. The fraction of sp³-hybridized carbons (Fsp3) is 0.833. The quantitative estimate of drug-likeness (QED) is 0.0498. The second-order valence-electron chi connectivity index (χ2n) is 21.3. The molecule has 3 atom stereocenters. The van der Waals surface area contributed by atoms with Crippen molar-refractivity contribution < 1.29 is 57.9 Å². The third-order valence-electron chi connectivity index (χ3n) is 7.60. The zero-order chi connectivity index (χ0) is 72.3. The fourth-order valence-electron chi connectivity index (χ4n) is 4.77. The minimum atomic E-state index is -1.07. The average Bonchev–Trinajstić information content (AvgIpc) is 3.36. The number of likely N-dealkylation sites (N-methyl/N-ethyl adjacent to an activating group) is 2. The van der Waals surface area contributed by atoms with Crippen LogP contribution in [-0.4, -0.2) is 112 Å². The van der Waals surface area contributed by atoms with E-state index in [0.29, 0.717) is 0 Å². The summed E-state index contributed by atoms with van der Waals surface area (Å²) in [7, 11) is -4.66. The van der Waals surface area contributed by atoms with E-state index in [1.165, 1.54) is 19.1 Å². The van der Waals surface area contributed by atoms with Crippen molar-refractivity contribution in [3.05, 3.63) is 0 Å². The average molecular weight is 5560 g/mol. The zero-order valence-electron chi connectivity index (χ0n) is 49.5. The van der Waals surface area contributed by atoms with E-state index in [0.717, 1.165) is 4.90 Å². The molecule has 0 saturated heterocycles. The summed E-state index contributed by atoms with van der Waals surface area (Å²) in [4.78, 5) is 71.6. The molecular weight excluding hydrogens is 5490 g/mol. The van der Waals surface area contributed by atoms with Gasteiger partial charge in [-0.15, -0.1) is 0 Å². The van der Waals surface area contributed by atoms with Crippen LogP contribution in [-0.2, 0) is 33.3 Å². The van der Waals surface area contributed by atoms with Crippen molar-refractivity contribution >= 4 is 551 Å². The van der Waals surface area contributed by atoms with Crippen LogP contribution in [0.25, 0.3) is 0 Å². The first-order valence-electron chi connectivity index (χ1n) is 21.9. The molecule has 0 aromatic rings. The van der Waals surface area contributed by atoms with Crippen LogP contribution in [0.4, 0.5) is 14.4 Å². The van der Waals surface area contributed by atoms with Crippen LogP contribution < -0.4 is 5.32 Å². The van der Waals surface area contributed by atoms with E-state index in [4.69, 9.17) is 24.1 Å². The Kier molecular flexibility index (Phi) is 80.0. The van der Waals surface area contributed by atoms with Gasteiger partial charge in [0.2, 0.25) is 0 Å². The molecule has 0 aliphatic rings. The molecule has 0 heterocycles. The minimum absolute atomic E-state index is 0.432. The molecule has 89 heavy (non-hydrogen) atoms. The summed E-state index contributed by atoms with van der Waals surface area (Å²) in [5, 5.41) is 20.5. The first-order valence-corrected chi connectivity index (χ1v) is 254. The molecule has 3 amide bonds. The van der Waals surface area contributed by atoms with E-state index in [-0.39, 0.29) is 0 Å². The van der Waals surface area contributed by atoms with E-state index >= 15 is 0 Å². The van der Waals surface area contributed by atoms with Gasteiger partial charge < -0.3 is 34.5 Å². The summed E-state index contributed by atoms with van der Waals surface area (Å²) >= 11 is 64.1. The number of halogens is 38. The van der Waals surface area contributed by atoms with Crippen LogP contribution in [0.5, 0.6) is 0 Å². The summed E-state index contributed by atoms with van der Waals surface area (Å²) in [5.74, 6) is -2.56. The third-order valence-corrected chi connectivity index (χ3v) is 2820. The van der Waals surface area contributed by atoms with Gasteiger partial charge >= 0.3 is 551 Å². The van der Waals surface area contributed by atoms with Gasteiger partial charge in [0.25, 0.3) is 0 Å². The van der Waals surface area contributed by atoms with Gasteiger partial charge in [-0.05, 0) is 78.6 Å². The molecule has 0 aromatic carbocycles. The number of alkyl carbamates (subject to hydrolysis) is 1. The van der Waals surface area contributed by atoms with Gasteiger partial charge in [0.05, 0.1) is 7.11 Å². The van der Waals surface area contributed by atoms with Gasteiger partial charge in [-0.25, -0.2) is 28.8 Å². The molecule has 53 heteroatoms. The normalized spacial score (nSPS) is 16.0. The number of carbonyl (C=O) groups is 6. The predicted molar refractivity (Wildman–Crippen MR) is 727 cm³/mol. The van der Waals surface area contributed by atoms with Crippen molar-refractivity contribution in [1.29, 1.82) is 0 Å². The number of esters is 1. The summed E-state index contributed by atoms with van der Waals surface area (Å²) < 4.78 is 20.2. The standard InChI is InChI=1S/C13H25NO4.C12H23NO4.C11H21NO4.I38/c1-12(2,3)9(10(15)17-8)14(7)11(16)18-13(4,5)6;1-11(2,3)8(9(14)15)13(7)10(16)17-12(4,5)6;1-10(2,3)7(8(13)14)12-9(15)16-11(4,5)6;1-21(2)23(5)25(7)27(9)29(11)31(13)33(15)35(17)37(19)38(20)36(18)34(16)32(14)30(12)28(10)26(8)24(6)22(3)4/h9H,1-8H3;8H,1-7H3,(H,14,15);7H,1-6H3,(H,12,15)(H,13,14);/t9-;8-;7-;/m111./s1. The molecule has 0 fully saturated rings. The van der Waals surface area contributed by atoms with Crippen LogP contribution in [0.2, 0.25) is 0 Å². The number of hydrogen-bond acceptors (Lipinski definition) is 10. The van der Waals surface area contributed by atoms with Crippen LogP contribution in [0.3, 0.4) is 0 Å². The summed E-state index contributed by atoms with van der Waals surface area (Å²) in [6.45, 7) is 31.9. The van der Waals surface area contributed by atoms with Gasteiger partial charge in [-0.3, -0.25) is 9.80 Å². The third kappa shape index (κ3) is 53.6. The maximum atomic E-state index is 12.0. The molecule has 0 radical (unpaired) electrons. The Balaban J connectivity index is -0.000000592. The second-order valence-corrected chi connectivity index (χ2v) is 899. The Morgan fingerprint density at radius 2 is 0.562 bits per heavy atom. The summed E-state index contributed by atoms with van der Waals surface area (Å²) in [5.41, 5.74) is -3.42. The van der Waals surface area contributed by atoms with Crippen molar-refractivity contribution in [3.8, 4) is 0 Å². The number of ether oxygens (including phenoxy) is 4. The van der Waals surface area contributed by atoms with Crippen molar-refractivity contribution in [3.63, 3.8) is 0 Å². The number of methoxy groups -OCH3 is 1. The molecule has 0 bridgehead atoms. The van der Waals surface area contributed by atoms with Gasteiger partial charge in [0, 0.05) is 14.1 Å². The van der Waals surface area contributed by atoms with Gasteiger partial charge in [0.1, 0.15) is 34.9 Å². The number of hydrogen-bond donors (Lipinski definition) is 3. The topological polar surface area (TPSA) is 198 Å². The monoisotopic (exact) mass is 5560 g/mol. The van der Waals surface area contributed by atoms with E-state index in [1.54, 1.807) is 111 Å². The van der Waals surface area contributed by atoms with E-state index in [1.807, 2.05) is 20.8 Å². The SMILES string of the molecule is CC(C)(C)OC(=O)N[C@H](C(=O)O)C(C)(C)C.CN(C(=O)OC(C)(C)C)[C@H](C(=O)O)C(C)(C)C.COC(=O)[C@@H](N(C)C(=O)OC(C)(C)C)C(C)(C)C.II(I)I(I)I(I)I(I)I(I)I(I)I(I)I(I)I(I)I(I)I(I)I(I)I(I)I(I)I(I)I(I)I(I)I(I)I. The molecule has 15 nitrogen and oxygen atoms in total. The predicted octanol–water partition coefficient (Wildman–Crippen LogP) is 40.5. The number of amides is 3. The molecule has 0 aliphatic heterocycles. The Hall–Kier alpha value is 24.0. The molecule has 0 unspecified atom stereocenters. The van der Waals surface area contributed by atoms with E-state index in [9.17, 15) is 33.9 Å². The Morgan fingerprint density at radius 3 is 0.719 bits per heavy atom. The van der Waals surface area contributed by atoms with Crippen molar-refractivity contribution in [2.75, 3.05) is 21.2 Å². The summed E-state index contributed by atoms with van der Waals surface area (Å²) in [6.07, 6.45) is -1.87. The Bertz CT molecular complexity index is 2100. The molecule has 0 aromatic heterocycles. The molecule has 0 saturated carbocycles. The van der Waals surface area contributed by atoms with Crippen LogP contribution >= 0.6 is 514 Å². The number of carboxylic acids is 2. The van der Waals surface area contributed by atoms with E-state index in [2.05, 4.69) is 378 Å². The molecular formula is C36H69I38N3O12. The summed E-state index contributed by atoms with van der Waals surface area (Å²) in [6, 6.07) is -2.57. The second kappa shape index (κ2) is 59.7. The number of nitrogens with one attached hydrogen (secondary N) is 1. The van der Waals surface area contributed by atoms with Gasteiger partial charge in [-0.2, -0.15) is 0 Å². The Morgan fingerprint density at radius 1 is 0.348 bits per heavy atom. The number of nitrogens with zero attached hydrogens (tertiary/aromatic N) is 2. The molecule has 3 N–H and O–H groups in total. The Labute approximate surface area is 788 Å². The molecule has 566 valence electrons. The van der Waals surface area contributed by atoms with Gasteiger partial charge in [-0.1, -0.05) is 62.3 Å². The molecule has 0 rings (SSSR count). The van der Waals surface area contributed by atoms with Crippen LogP contribution in [0.15, 0.2) is 0 Å². The van der Waals surface area contributed by atoms with Crippen LogP contribution in [0.1, 0.15) is 125 Å². The first-order chi connectivity index (χ1) is 39.4. The maximum absolute atomic E-state index is 12.0. The van der Waals surface area contributed by atoms with Gasteiger partial charge in [0.15, 0.2) is 0 Å². The first kappa shape index (κ1) is 119. The van der Waals surface area contributed by atoms with Crippen molar-refractivity contribution in [2.45, 2.75) is 160 Å².